The van der Waals surface area contributed by atoms with E-state index < -0.39 is 0 Å². The van der Waals surface area contributed by atoms with Crippen LogP contribution in [0.25, 0.3) is 0 Å². The van der Waals surface area contributed by atoms with Gasteiger partial charge in [0.05, 0.1) is 0 Å². The van der Waals surface area contributed by atoms with Gasteiger partial charge in [-0.1, -0.05) is 60.2 Å². The van der Waals surface area contributed by atoms with Crippen LogP contribution in [0.5, 0.6) is 0 Å². The first-order valence-electron chi connectivity index (χ1n) is 9.75. The van der Waals surface area contributed by atoms with Crippen molar-refractivity contribution in [3.8, 4) is 0 Å². The average molecular weight is 335 g/mol. The van der Waals surface area contributed by atoms with Crippen LogP contribution in [0.3, 0.4) is 0 Å². The first kappa shape index (κ1) is 16.8. The largest absolute Gasteiger partial charge is 0.310 e. The van der Waals surface area contributed by atoms with Gasteiger partial charge in [-0.25, -0.2) is 0 Å². The summed E-state index contributed by atoms with van der Waals surface area (Å²) in [6, 6.07) is 21.5. The average Bonchev–Trinajstić information content (AvgIpc) is 2.90. The summed E-state index contributed by atoms with van der Waals surface area (Å²) in [5.41, 5.74) is 4.29. The van der Waals surface area contributed by atoms with E-state index in [2.05, 4.69) is 78.8 Å². The van der Waals surface area contributed by atoms with Crippen LogP contribution in [0.4, 0.5) is 0 Å². The Labute approximate surface area is 152 Å². The van der Waals surface area contributed by atoms with Crippen molar-refractivity contribution < 1.29 is 0 Å². The van der Waals surface area contributed by atoms with Crippen LogP contribution in [0.1, 0.15) is 41.9 Å². The highest BCUT2D eigenvalue weighted by Gasteiger charge is 2.41. The number of fused-ring (bicyclic) bond motifs is 4. The second-order valence-electron chi connectivity index (χ2n) is 8.06. The molecule has 2 bridgehead atoms. The van der Waals surface area contributed by atoms with Crippen LogP contribution < -0.4 is 5.32 Å². The molecule has 132 valence electrons. The normalized spacial score (nSPS) is 29.5. The smallest absolute Gasteiger partial charge is 0.0208 e. The zero-order valence-electron chi connectivity index (χ0n) is 15.5. The molecule has 25 heavy (non-hydrogen) atoms. The number of piperidine rings is 1. The Bertz CT molecular complexity index is 679. The predicted molar refractivity (Wildman–Crippen MR) is 105 cm³/mol. The van der Waals surface area contributed by atoms with Crippen molar-refractivity contribution in [1.82, 2.24) is 10.2 Å². The van der Waals surface area contributed by atoms with Gasteiger partial charge in [0, 0.05) is 25.2 Å². The summed E-state index contributed by atoms with van der Waals surface area (Å²) >= 11 is 0. The molecule has 2 aliphatic heterocycles. The van der Waals surface area contributed by atoms with Crippen molar-refractivity contribution in [2.45, 2.75) is 50.7 Å². The van der Waals surface area contributed by atoms with Crippen LogP contribution in [0.15, 0.2) is 54.6 Å². The Morgan fingerprint density at radius 2 is 1.76 bits per heavy atom. The first-order valence-corrected chi connectivity index (χ1v) is 9.75. The zero-order chi connectivity index (χ0) is 17.2. The quantitative estimate of drug-likeness (QED) is 0.894. The van der Waals surface area contributed by atoms with E-state index in [0.29, 0.717) is 17.9 Å². The summed E-state index contributed by atoms with van der Waals surface area (Å²) in [6.45, 7) is 4.38. The van der Waals surface area contributed by atoms with Crippen molar-refractivity contribution in [3.63, 3.8) is 0 Å². The molecule has 1 aliphatic carbocycles. The third kappa shape index (κ3) is 3.65. The van der Waals surface area contributed by atoms with Gasteiger partial charge in [-0.05, 0) is 56.2 Å². The first-order chi connectivity index (χ1) is 12.2. The van der Waals surface area contributed by atoms with Gasteiger partial charge >= 0.3 is 0 Å². The van der Waals surface area contributed by atoms with Crippen LogP contribution in [-0.4, -0.2) is 30.6 Å². The molecule has 0 radical (unpaired) electrons. The third-order valence-electron chi connectivity index (χ3n) is 6.41. The van der Waals surface area contributed by atoms with Gasteiger partial charge < -0.3 is 10.2 Å². The van der Waals surface area contributed by atoms with Gasteiger partial charge in [-0.3, -0.25) is 0 Å². The minimum Gasteiger partial charge on any atom is -0.310 e. The Balaban J connectivity index is 1.54. The van der Waals surface area contributed by atoms with E-state index >= 15 is 0 Å². The van der Waals surface area contributed by atoms with Gasteiger partial charge in [0.25, 0.3) is 0 Å². The van der Waals surface area contributed by atoms with Gasteiger partial charge in [-0.2, -0.15) is 0 Å². The molecule has 0 amide bonds. The summed E-state index contributed by atoms with van der Waals surface area (Å²) in [7, 11) is 2.32. The fourth-order valence-corrected chi connectivity index (χ4v) is 4.88. The maximum absolute atomic E-state index is 3.91. The lowest BCUT2D eigenvalue weighted by molar-refractivity contribution is 0.125. The molecule has 0 aromatic heterocycles. The number of rotatable bonds is 4. The van der Waals surface area contributed by atoms with Crippen LogP contribution in [0, 0.1) is 12.8 Å². The molecular formula is C23H30N2. The SMILES string of the molecule is Cc1ccc([C@H]2C[C@@H]3CC[C@H](NCc4ccccc4)[C@H]2CN3C)cc1. The monoisotopic (exact) mass is 334 g/mol. The molecule has 2 aromatic carbocycles. The van der Waals surface area contributed by atoms with Crippen molar-refractivity contribution in [2.24, 2.45) is 5.92 Å². The van der Waals surface area contributed by atoms with E-state index in [1.165, 1.54) is 36.9 Å². The summed E-state index contributed by atoms with van der Waals surface area (Å²) in [5, 5.41) is 3.91. The van der Waals surface area contributed by atoms with Crippen LogP contribution in [0.2, 0.25) is 0 Å². The maximum atomic E-state index is 3.91. The lowest BCUT2D eigenvalue weighted by Gasteiger charge is -2.42. The molecule has 1 N–H and O–H groups in total. The van der Waals surface area contributed by atoms with E-state index in [-0.39, 0.29) is 0 Å². The van der Waals surface area contributed by atoms with E-state index in [1.807, 2.05) is 0 Å². The molecule has 4 atom stereocenters. The molecule has 0 spiro atoms. The summed E-state index contributed by atoms with van der Waals surface area (Å²) in [5.74, 6) is 1.40. The topological polar surface area (TPSA) is 15.3 Å². The molecule has 2 nitrogen and oxygen atoms in total. The molecule has 3 fully saturated rings. The van der Waals surface area contributed by atoms with Crippen molar-refractivity contribution in [3.05, 3.63) is 71.3 Å². The predicted octanol–water partition coefficient (Wildman–Crippen LogP) is 4.35. The standard InChI is InChI=1S/C23H30N2/c1-17-8-10-19(11-9-17)21-14-20-12-13-23(22(21)16-25(20)2)24-15-18-6-4-3-5-7-18/h3-11,20-24H,12-16H2,1-2H3/t20-,21+,22-,23-/m0/s1. The lowest BCUT2D eigenvalue weighted by atomic mass is 9.76. The molecule has 2 heterocycles. The number of benzene rings is 2. The Kier molecular flexibility index (Phi) is 4.91. The van der Waals surface area contributed by atoms with Gasteiger partial charge in [0.1, 0.15) is 0 Å². The minimum atomic E-state index is 0.612. The highest BCUT2D eigenvalue weighted by atomic mass is 15.2. The summed E-state index contributed by atoms with van der Waals surface area (Å²) in [4.78, 5) is 2.61. The maximum Gasteiger partial charge on any atom is 0.0208 e. The summed E-state index contributed by atoms with van der Waals surface area (Å²) in [6.07, 6.45) is 3.93. The van der Waals surface area contributed by atoms with E-state index in [9.17, 15) is 0 Å². The molecule has 5 rings (SSSR count). The molecular weight excluding hydrogens is 304 g/mol. The molecule has 2 saturated heterocycles. The van der Waals surface area contributed by atoms with E-state index in [0.717, 1.165) is 12.6 Å². The lowest BCUT2D eigenvalue weighted by Crippen LogP contribution is -2.47. The third-order valence-corrected chi connectivity index (χ3v) is 6.41. The van der Waals surface area contributed by atoms with E-state index in [4.69, 9.17) is 0 Å². The highest BCUT2D eigenvalue weighted by molar-refractivity contribution is 5.27. The fraction of sp³-hybridized carbons (Fsp3) is 0.478. The van der Waals surface area contributed by atoms with Gasteiger partial charge in [0.15, 0.2) is 0 Å². The van der Waals surface area contributed by atoms with Crippen LogP contribution >= 0.6 is 0 Å². The number of hydrogen-bond donors (Lipinski definition) is 1. The van der Waals surface area contributed by atoms with E-state index in [1.54, 1.807) is 5.56 Å². The van der Waals surface area contributed by atoms with Crippen LogP contribution in [-0.2, 0) is 6.54 Å². The summed E-state index contributed by atoms with van der Waals surface area (Å²) < 4.78 is 0. The number of aryl methyl sites for hydroxylation is 1. The second-order valence-corrected chi connectivity index (χ2v) is 8.06. The number of hydrogen-bond acceptors (Lipinski definition) is 2. The highest BCUT2D eigenvalue weighted by Crippen LogP contribution is 2.42. The Morgan fingerprint density at radius 3 is 2.52 bits per heavy atom. The molecule has 2 aromatic rings. The molecule has 1 saturated carbocycles. The van der Waals surface area contributed by atoms with Crippen molar-refractivity contribution in [1.29, 1.82) is 0 Å². The van der Waals surface area contributed by atoms with Gasteiger partial charge in [-0.15, -0.1) is 0 Å². The second kappa shape index (κ2) is 7.31. The Morgan fingerprint density at radius 1 is 1.00 bits per heavy atom. The van der Waals surface area contributed by atoms with Crippen molar-refractivity contribution in [2.75, 3.05) is 13.6 Å². The van der Waals surface area contributed by atoms with Gasteiger partial charge in [0.2, 0.25) is 0 Å². The van der Waals surface area contributed by atoms with Crippen molar-refractivity contribution >= 4 is 0 Å². The molecule has 3 aliphatic rings. The molecule has 0 unspecified atom stereocenters. The number of nitrogens with zero attached hydrogens (tertiary/aromatic N) is 1. The minimum absolute atomic E-state index is 0.612. The Hall–Kier alpha value is -1.64. The molecule has 2 heteroatoms. The fourth-order valence-electron chi connectivity index (χ4n) is 4.88. The number of nitrogens with one attached hydrogen (secondary N) is 1. The zero-order valence-corrected chi connectivity index (χ0v) is 15.5.